The number of hydrogen-bond donors (Lipinski definition) is 0. The van der Waals surface area contributed by atoms with Crippen LogP contribution >= 0.6 is 11.8 Å². The van der Waals surface area contributed by atoms with E-state index in [1.54, 1.807) is 6.07 Å². The maximum absolute atomic E-state index is 13.4. The van der Waals surface area contributed by atoms with Crippen molar-refractivity contribution in [1.29, 1.82) is 0 Å². The van der Waals surface area contributed by atoms with Gasteiger partial charge in [0.15, 0.2) is 0 Å². The number of nitrogens with zero attached hydrogens (tertiary/aromatic N) is 3. The first-order valence-corrected chi connectivity index (χ1v) is 9.86. The van der Waals surface area contributed by atoms with E-state index in [0.717, 1.165) is 12.1 Å². The Morgan fingerprint density at radius 1 is 1.00 bits per heavy atom. The minimum atomic E-state index is -4.78. The van der Waals surface area contributed by atoms with E-state index in [1.165, 1.54) is 36.0 Å². The second-order valence-electron chi connectivity index (χ2n) is 5.21. The average Bonchev–Trinajstić information content (AvgIpc) is 3.13. The maximum atomic E-state index is 13.4. The third-order valence-corrected chi connectivity index (χ3v) is 6.07. The molecule has 0 radical (unpaired) electrons. The van der Waals surface area contributed by atoms with Gasteiger partial charge in [-0.25, -0.2) is 8.42 Å². The Morgan fingerprint density at radius 3 is 2.35 bits per heavy atom. The number of hydrogen-bond acceptors (Lipinski definition) is 6. The number of aliphatic imine (C=N–C) groups is 1. The molecule has 0 saturated carbocycles. The summed E-state index contributed by atoms with van der Waals surface area (Å²) in [5, 5.41) is 7.62. The molecular formula is C16H12F3N3O2S2. The van der Waals surface area contributed by atoms with E-state index in [9.17, 15) is 21.6 Å². The van der Waals surface area contributed by atoms with Crippen molar-refractivity contribution in [2.24, 2.45) is 15.2 Å². The van der Waals surface area contributed by atoms with Crippen LogP contribution in [0.15, 0.2) is 73.5 Å². The highest BCUT2D eigenvalue weighted by Crippen LogP contribution is 2.39. The van der Waals surface area contributed by atoms with Crippen LogP contribution < -0.4 is 0 Å². The number of alkyl halides is 3. The predicted molar refractivity (Wildman–Crippen MR) is 92.6 cm³/mol. The molecule has 1 heterocycles. The molecule has 5 nitrogen and oxygen atoms in total. The second-order valence-corrected chi connectivity index (χ2v) is 8.22. The first-order valence-electron chi connectivity index (χ1n) is 7.39. The average molecular weight is 399 g/mol. The second kappa shape index (κ2) is 7.20. The van der Waals surface area contributed by atoms with Crippen LogP contribution in [0, 0.1) is 0 Å². The van der Waals surface area contributed by atoms with Gasteiger partial charge in [-0.3, -0.25) is 4.99 Å². The molecule has 0 spiro atoms. The molecule has 0 atom stereocenters. The van der Waals surface area contributed by atoms with Gasteiger partial charge < -0.3 is 0 Å². The molecule has 1 aliphatic heterocycles. The number of azo groups is 1. The molecule has 10 heteroatoms. The number of rotatable bonds is 3. The zero-order valence-corrected chi connectivity index (χ0v) is 14.8. The molecule has 0 aromatic heterocycles. The Hall–Kier alpha value is -2.20. The summed E-state index contributed by atoms with van der Waals surface area (Å²) in [6.45, 7) is 0.541. The molecule has 0 unspecified atom stereocenters. The largest absolute Gasteiger partial charge is 0.418 e. The predicted octanol–water partition coefficient (Wildman–Crippen LogP) is 4.72. The molecule has 0 aliphatic carbocycles. The minimum Gasteiger partial charge on any atom is -0.258 e. The molecule has 1 aliphatic rings. The molecule has 136 valence electrons. The van der Waals surface area contributed by atoms with Gasteiger partial charge in [0.1, 0.15) is 0 Å². The van der Waals surface area contributed by atoms with Gasteiger partial charge in [0.25, 0.3) is 0 Å². The van der Waals surface area contributed by atoms with E-state index >= 15 is 0 Å². The molecule has 0 N–H and O–H groups in total. The third kappa shape index (κ3) is 3.96. The van der Waals surface area contributed by atoms with Gasteiger partial charge in [-0.15, -0.1) is 10.2 Å². The summed E-state index contributed by atoms with van der Waals surface area (Å²) in [4.78, 5) is 3.44. The Bertz CT molecular complexity index is 972. The van der Waals surface area contributed by atoms with E-state index in [-0.39, 0.29) is 4.90 Å². The molecule has 2 aromatic carbocycles. The smallest absolute Gasteiger partial charge is 0.258 e. The zero-order valence-electron chi connectivity index (χ0n) is 13.1. The lowest BCUT2D eigenvalue weighted by molar-refractivity contribution is -0.137. The van der Waals surface area contributed by atoms with Crippen LogP contribution in [0.5, 0.6) is 0 Å². The van der Waals surface area contributed by atoms with Crippen LogP contribution in [0.2, 0.25) is 0 Å². The van der Waals surface area contributed by atoms with E-state index in [1.807, 2.05) is 0 Å². The van der Waals surface area contributed by atoms with Gasteiger partial charge in [-0.05, 0) is 30.3 Å². The first kappa shape index (κ1) is 18.6. The third-order valence-electron chi connectivity index (χ3n) is 3.45. The Balaban J connectivity index is 2.05. The SMILES string of the molecule is O=S(=O)(c1ccccc1)c1ccc(/N=N/C2=NCCS2)c(C(F)(F)F)c1. The van der Waals surface area contributed by atoms with Gasteiger partial charge in [-0.1, -0.05) is 30.0 Å². The number of thioether (sulfide) groups is 1. The van der Waals surface area contributed by atoms with Crippen molar-refractivity contribution >= 4 is 32.5 Å². The van der Waals surface area contributed by atoms with Crippen molar-refractivity contribution in [3.63, 3.8) is 0 Å². The van der Waals surface area contributed by atoms with Crippen molar-refractivity contribution in [2.45, 2.75) is 16.0 Å². The van der Waals surface area contributed by atoms with Crippen molar-refractivity contribution in [2.75, 3.05) is 12.3 Å². The summed E-state index contributed by atoms with van der Waals surface area (Å²) >= 11 is 1.29. The summed E-state index contributed by atoms with van der Waals surface area (Å²) < 4.78 is 65.3. The van der Waals surface area contributed by atoms with Crippen molar-refractivity contribution in [1.82, 2.24) is 0 Å². The quantitative estimate of drug-likeness (QED) is 0.701. The maximum Gasteiger partial charge on any atom is 0.418 e. The van der Waals surface area contributed by atoms with Crippen LogP contribution in [0.4, 0.5) is 18.9 Å². The zero-order chi connectivity index (χ0) is 18.8. The number of halogens is 3. The number of benzene rings is 2. The Morgan fingerprint density at radius 2 is 1.73 bits per heavy atom. The van der Waals surface area contributed by atoms with Crippen LogP contribution in [-0.4, -0.2) is 25.9 Å². The van der Waals surface area contributed by atoms with E-state index < -0.39 is 32.2 Å². The van der Waals surface area contributed by atoms with E-state index in [2.05, 4.69) is 15.2 Å². The monoisotopic (exact) mass is 399 g/mol. The van der Waals surface area contributed by atoms with Crippen molar-refractivity contribution in [3.05, 3.63) is 54.1 Å². The lowest BCUT2D eigenvalue weighted by Crippen LogP contribution is -2.08. The molecule has 2 aromatic rings. The molecule has 0 saturated heterocycles. The normalized spacial score (nSPS) is 15.4. The van der Waals surface area contributed by atoms with Gasteiger partial charge >= 0.3 is 6.18 Å². The van der Waals surface area contributed by atoms with Gasteiger partial charge in [-0.2, -0.15) is 13.2 Å². The highest BCUT2D eigenvalue weighted by Gasteiger charge is 2.35. The van der Waals surface area contributed by atoms with Gasteiger partial charge in [0, 0.05) is 5.75 Å². The molecular weight excluding hydrogens is 387 g/mol. The first-order chi connectivity index (χ1) is 12.3. The highest BCUT2D eigenvalue weighted by molar-refractivity contribution is 8.14. The molecule has 26 heavy (non-hydrogen) atoms. The number of sulfone groups is 1. The summed E-state index contributed by atoms with van der Waals surface area (Å²) in [5.74, 6) is 0.703. The molecule has 0 amide bonds. The Kier molecular flexibility index (Phi) is 5.15. The fraction of sp³-hybridized carbons (Fsp3) is 0.188. The number of amidine groups is 1. The summed E-state index contributed by atoms with van der Waals surface area (Å²) in [7, 11) is -4.07. The lowest BCUT2D eigenvalue weighted by Gasteiger charge is -2.12. The fourth-order valence-corrected chi connectivity index (χ4v) is 4.17. The lowest BCUT2D eigenvalue weighted by atomic mass is 10.2. The van der Waals surface area contributed by atoms with Gasteiger partial charge in [0.05, 0.1) is 27.6 Å². The molecule has 0 bridgehead atoms. The standard InChI is InChI=1S/C16H12F3N3O2S2/c17-16(18,19)13-10-12(26(23,24)11-4-2-1-3-5-11)6-7-14(13)21-22-15-20-8-9-25-15/h1-7,10H,8-9H2/b22-21+. The van der Waals surface area contributed by atoms with Crippen molar-refractivity contribution in [3.8, 4) is 0 Å². The van der Waals surface area contributed by atoms with Crippen LogP contribution in [0.25, 0.3) is 0 Å². The van der Waals surface area contributed by atoms with Crippen molar-refractivity contribution < 1.29 is 21.6 Å². The summed E-state index contributed by atoms with van der Waals surface area (Å²) in [5.41, 5.74) is -1.62. The molecule has 3 rings (SSSR count). The van der Waals surface area contributed by atoms with E-state index in [4.69, 9.17) is 0 Å². The fourth-order valence-electron chi connectivity index (χ4n) is 2.21. The molecule has 0 fully saturated rings. The highest BCUT2D eigenvalue weighted by atomic mass is 32.2. The summed E-state index contributed by atoms with van der Waals surface area (Å²) in [6, 6.07) is 9.95. The van der Waals surface area contributed by atoms with E-state index in [0.29, 0.717) is 23.5 Å². The topological polar surface area (TPSA) is 71.2 Å². The van der Waals surface area contributed by atoms with Crippen LogP contribution in [0.1, 0.15) is 5.56 Å². The van der Waals surface area contributed by atoms with Crippen LogP contribution in [-0.2, 0) is 16.0 Å². The van der Waals surface area contributed by atoms with Gasteiger partial charge in [0.2, 0.25) is 15.0 Å². The Labute approximate surface area is 152 Å². The van der Waals surface area contributed by atoms with Crippen LogP contribution in [0.3, 0.4) is 0 Å². The summed E-state index contributed by atoms with van der Waals surface area (Å²) in [6.07, 6.45) is -4.78. The minimum absolute atomic E-state index is 0.0841.